The lowest BCUT2D eigenvalue weighted by Crippen LogP contribution is -2.51. The van der Waals surface area contributed by atoms with Gasteiger partial charge < -0.3 is 30.6 Å². The van der Waals surface area contributed by atoms with E-state index >= 15 is 0 Å². The molecule has 0 bridgehead atoms. The van der Waals surface area contributed by atoms with Crippen LogP contribution in [0.4, 0.5) is 0 Å². The number of aliphatic hydroxyl groups excluding tert-OH is 3. The minimum atomic E-state index is -0.432. The van der Waals surface area contributed by atoms with Gasteiger partial charge in [-0.25, -0.2) is 0 Å². The van der Waals surface area contributed by atoms with E-state index in [4.69, 9.17) is 0 Å². The molecule has 6 heteroatoms. The first-order chi connectivity index (χ1) is 42.5. The van der Waals surface area contributed by atoms with Crippen molar-refractivity contribution in [2.24, 2.45) is 152 Å². The number of rotatable bonds is 18. The molecule has 6 nitrogen and oxygen atoms in total. The molecular formula is C86H156O6. The molecule has 0 aliphatic heterocycles. The lowest BCUT2D eigenvalue weighted by molar-refractivity contribution is -0.112. The summed E-state index contributed by atoms with van der Waals surface area (Å²) in [6, 6.07) is 0. The first-order valence-electron chi connectivity index (χ1n) is 40.4. The third-order valence-electron chi connectivity index (χ3n) is 32.8. The smallest absolute Gasteiger partial charge is 0.0682 e. The van der Waals surface area contributed by atoms with E-state index in [1.54, 1.807) is 5.57 Å². The number of hydrogen-bond acceptors (Lipinski definition) is 6. The summed E-state index contributed by atoms with van der Waals surface area (Å²) in [6.07, 6.45) is 44.5. The van der Waals surface area contributed by atoms with Crippen molar-refractivity contribution in [2.45, 2.75) is 379 Å². The average molecular weight is 1290 g/mol. The van der Waals surface area contributed by atoms with Gasteiger partial charge in [0, 0.05) is 0 Å². The molecular weight excluding hydrogens is 1130 g/mol. The molecule has 11 fully saturated rings. The second kappa shape index (κ2) is 31.2. The zero-order valence-corrected chi connectivity index (χ0v) is 61.5. The molecule has 0 radical (unpaired) electrons. The van der Waals surface area contributed by atoms with Gasteiger partial charge in [0.1, 0.15) is 0 Å². The lowest BCUT2D eigenvalue weighted by Gasteiger charge is -2.57. The summed E-state index contributed by atoms with van der Waals surface area (Å²) in [5.41, 5.74) is 1.76. The molecule has 11 saturated carbocycles. The average Bonchev–Trinajstić information content (AvgIpc) is 1.66. The molecule has 0 heterocycles. The molecule has 0 saturated heterocycles. The highest BCUT2D eigenvalue weighted by Crippen LogP contribution is 2.69. The summed E-state index contributed by atoms with van der Waals surface area (Å²) in [7, 11) is 0. The summed E-state index contributed by atoms with van der Waals surface area (Å²) in [6.45, 7) is 35.0. The number of allylic oxidation sites excluding steroid dienone is 1. The van der Waals surface area contributed by atoms with Crippen LogP contribution in [0.5, 0.6) is 0 Å². The van der Waals surface area contributed by atoms with E-state index < -0.39 is 5.60 Å². The Hall–Kier alpha value is -0.500. The van der Waals surface area contributed by atoms with Gasteiger partial charge in [-0.05, 0) is 377 Å². The molecule has 0 spiro atoms. The van der Waals surface area contributed by atoms with E-state index in [1.165, 1.54) is 128 Å². The number of fused-ring (bicyclic) bond motifs is 15. The topological polar surface area (TPSA) is 121 Å². The molecule has 0 aromatic carbocycles. The van der Waals surface area contributed by atoms with Gasteiger partial charge in [-0.1, -0.05) is 130 Å². The first-order valence-corrected chi connectivity index (χ1v) is 40.4. The Morgan fingerprint density at radius 1 is 0.370 bits per heavy atom. The van der Waals surface area contributed by atoms with Crippen LogP contribution in [0.3, 0.4) is 0 Å². The van der Waals surface area contributed by atoms with Gasteiger partial charge >= 0.3 is 0 Å². The standard InChI is InChI=1S/2C28H50O2.C28H48O2.2CH4/c3*1-6-28(30)16-14-21-20(17-28)8-9-23-22(21)13-15-27(5)24(10-11-25(23)27)19(4)26(29)12-7-18(2)3;;/h2*18-26,29-30H,6-17H2,1-5H3;8,18-19,21-26,29-30H,6-7,9-17H2,1-5H3;2*1H4/t19-,20+,21-,22+,23+,24+,25-,26-,27+,28-;19-,20-,21-,22+,23+,24+,25-,26-,27+,28-;19-,21-,22+,23+,24+,25-,26-,27+,28-;;/m000../s1. The van der Waals surface area contributed by atoms with Crippen LogP contribution in [0.25, 0.3) is 0 Å². The molecule has 12 rings (SSSR count). The van der Waals surface area contributed by atoms with E-state index in [-0.39, 0.29) is 44.4 Å². The van der Waals surface area contributed by atoms with Crippen molar-refractivity contribution in [1.82, 2.24) is 0 Å². The Bertz CT molecular complexity index is 2210. The summed E-state index contributed by atoms with van der Waals surface area (Å²) < 4.78 is 0. The Balaban J connectivity index is 0.000000176. The van der Waals surface area contributed by atoms with Gasteiger partial charge in [-0.15, -0.1) is 0 Å². The van der Waals surface area contributed by atoms with Crippen molar-refractivity contribution in [2.75, 3.05) is 0 Å². The van der Waals surface area contributed by atoms with Gasteiger partial charge in [-0.3, -0.25) is 0 Å². The van der Waals surface area contributed by atoms with E-state index in [2.05, 4.69) is 110 Å². The van der Waals surface area contributed by atoms with Gasteiger partial charge in [0.05, 0.1) is 35.1 Å². The molecule has 92 heavy (non-hydrogen) atoms. The SMILES string of the molecule is C.C.CC[C@]1(O)CC[C@H]2C(=CC[C@@H]3[C@@H]2CC[C@]2(C)[C@@H]([C@H](C)[C@@H](O)CCC(C)C)CC[C@@H]32)C1.CC[C@]1(O)CC[C@H]2[C@@H](CC[C@@H]3[C@@H]2CC[C@]2(C)[C@@H]([C@H](C)[C@@H](O)CCC(C)C)CC[C@@H]32)C1.CC[C@]1(O)CC[C@H]2[C@H](CC[C@@H]3[C@@H]2CC[C@]2(C)[C@@H]([C@H](C)[C@@H](O)CCC(C)C)CC[C@@H]32)C1. The van der Waals surface area contributed by atoms with E-state index in [9.17, 15) is 30.6 Å². The van der Waals surface area contributed by atoms with Crippen LogP contribution in [-0.4, -0.2) is 65.8 Å². The molecule has 12 aliphatic carbocycles. The van der Waals surface area contributed by atoms with Crippen molar-refractivity contribution in [3.05, 3.63) is 11.6 Å². The minimum Gasteiger partial charge on any atom is -0.393 e. The maximum absolute atomic E-state index is 11.0. The second-order valence-corrected chi connectivity index (χ2v) is 38.2. The Morgan fingerprint density at radius 3 is 1.07 bits per heavy atom. The highest BCUT2D eigenvalue weighted by atomic mass is 16.3. The third-order valence-corrected chi connectivity index (χ3v) is 32.8. The second-order valence-electron chi connectivity index (χ2n) is 38.2. The number of hydrogen-bond donors (Lipinski definition) is 6. The van der Waals surface area contributed by atoms with Crippen LogP contribution >= 0.6 is 0 Å². The largest absolute Gasteiger partial charge is 0.393 e. The first kappa shape index (κ1) is 77.2. The van der Waals surface area contributed by atoms with Crippen LogP contribution in [-0.2, 0) is 0 Å². The highest BCUT2D eigenvalue weighted by Gasteiger charge is 2.62. The van der Waals surface area contributed by atoms with Crippen molar-refractivity contribution in [3.63, 3.8) is 0 Å². The monoisotopic (exact) mass is 1290 g/mol. The molecule has 6 N–H and O–H groups in total. The van der Waals surface area contributed by atoms with Gasteiger partial charge in [0.15, 0.2) is 0 Å². The molecule has 536 valence electrons. The van der Waals surface area contributed by atoms with Crippen LogP contribution in [0.2, 0.25) is 0 Å². The zero-order valence-electron chi connectivity index (χ0n) is 61.5. The van der Waals surface area contributed by atoms with Crippen LogP contribution in [0.1, 0.15) is 343 Å². The Labute approximate surface area is 570 Å². The molecule has 29 atom stereocenters. The third kappa shape index (κ3) is 15.5. The van der Waals surface area contributed by atoms with Crippen LogP contribution in [0.15, 0.2) is 11.6 Å². The minimum absolute atomic E-state index is 0. The fourth-order valence-electron chi connectivity index (χ4n) is 27.1. The zero-order chi connectivity index (χ0) is 65.0. The van der Waals surface area contributed by atoms with Gasteiger partial charge in [0.2, 0.25) is 0 Å². The molecule has 0 aromatic rings. The van der Waals surface area contributed by atoms with E-state index in [0.29, 0.717) is 69.5 Å². The summed E-state index contributed by atoms with van der Waals surface area (Å²) in [5, 5.41) is 65.6. The van der Waals surface area contributed by atoms with Crippen LogP contribution < -0.4 is 0 Å². The quantitative estimate of drug-likeness (QED) is 0.0761. The lowest BCUT2D eigenvalue weighted by atomic mass is 9.48. The van der Waals surface area contributed by atoms with Crippen molar-refractivity contribution in [3.8, 4) is 0 Å². The Morgan fingerprint density at radius 2 is 0.707 bits per heavy atom. The summed E-state index contributed by atoms with van der Waals surface area (Å²) in [5.74, 6) is 17.5. The summed E-state index contributed by atoms with van der Waals surface area (Å²) >= 11 is 0. The fraction of sp³-hybridized carbons (Fsp3) is 0.977. The van der Waals surface area contributed by atoms with Crippen LogP contribution in [0, 0.1) is 152 Å². The predicted molar refractivity (Wildman–Crippen MR) is 389 cm³/mol. The molecule has 0 unspecified atom stereocenters. The van der Waals surface area contributed by atoms with Gasteiger partial charge in [-0.2, -0.15) is 0 Å². The molecule has 0 aromatic heterocycles. The normalized spacial score (nSPS) is 46.1. The van der Waals surface area contributed by atoms with Gasteiger partial charge in [0.25, 0.3) is 0 Å². The Kier molecular flexibility index (Phi) is 26.2. The van der Waals surface area contributed by atoms with E-state index in [1.807, 2.05) is 0 Å². The number of aliphatic hydroxyl groups is 6. The molecule has 0 amide bonds. The molecule has 12 aliphatic rings. The summed E-state index contributed by atoms with van der Waals surface area (Å²) in [4.78, 5) is 0. The fourth-order valence-corrected chi connectivity index (χ4v) is 27.1. The van der Waals surface area contributed by atoms with Crippen molar-refractivity contribution in [1.29, 1.82) is 0 Å². The van der Waals surface area contributed by atoms with Crippen molar-refractivity contribution < 1.29 is 30.6 Å². The predicted octanol–water partition coefficient (Wildman–Crippen LogP) is 21.7. The van der Waals surface area contributed by atoms with Crippen molar-refractivity contribution >= 4 is 0 Å². The highest BCUT2D eigenvalue weighted by molar-refractivity contribution is 5.22. The van der Waals surface area contributed by atoms with E-state index in [0.717, 1.165) is 179 Å². The maximum atomic E-state index is 11.0. The maximum Gasteiger partial charge on any atom is 0.0682 e.